The summed E-state index contributed by atoms with van der Waals surface area (Å²) in [5, 5.41) is 10.2. The van der Waals surface area contributed by atoms with E-state index in [1.807, 2.05) is 54.6 Å². The van der Waals surface area contributed by atoms with Gasteiger partial charge in [-0.05, 0) is 23.3 Å². The van der Waals surface area contributed by atoms with Gasteiger partial charge in [0, 0.05) is 11.5 Å². The van der Waals surface area contributed by atoms with Gasteiger partial charge in [-0.1, -0.05) is 58.4 Å². The van der Waals surface area contributed by atoms with Crippen molar-refractivity contribution in [2.75, 3.05) is 13.6 Å². The van der Waals surface area contributed by atoms with Gasteiger partial charge in [0.25, 0.3) is 0 Å². The SMILES string of the molecule is CN(CC(O)c1cccc(Br)c1)C(=O)OCc1ccccc1. The molecule has 0 aliphatic heterocycles. The minimum absolute atomic E-state index is 0.171. The summed E-state index contributed by atoms with van der Waals surface area (Å²) in [5.74, 6) is 0. The van der Waals surface area contributed by atoms with Gasteiger partial charge in [0.05, 0.1) is 12.6 Å². The molecular weight excluding hydrogens is 346 g/mol. The fraction of sp³-hybridized carbons (Fsp3) is 0.235. The van der Waals surface area contributed by atoms with Crippen LogP contribution >= 0.6 is 15.9 Å². The minimum Gasteiger partial charge on any atom is -0.445 e. The molecule has 0 fully saturated rings. The molecule has 22 heavy (non-hydrogen) atoms. The van der Waals surface area contributed by atoms with E-state index >= 15 is 0 Å². The highest BCUT2D eigenvalue weighted by atomic mass is 79.9. The molecule has 0 radical (unpaired) electrons. The number of hydrogen-bond acceptors (Lipinski definition) is 3. The van der Waals surface area contributed by atoms with Crippen LogP contribution in [0.5, 0.6) is 0 Å². The molecule has 0 aromatic heterocycles. The van der Waals surface area contributed by atoms with Crippen molar-refractivity contribution < 1.29 is 14.6 Å². The predicted octanol–water partition coefficient (Wildman–Crippen LogP) is 3.75. The summed E-state index contributed by atoms with van der Waals surface area (Å²) < 4.78 is 6.10. The van der Waals surface area contributed by atoms with E-state index in [0.29, 0.717) is 0 Å². The number of nitrogens with zero attached hydrogens (tertiary/aromatic N) is 1. The molecule has 0 saturated carbocycles. The zero-order valence-corrected chi connectivity index (χ0v) is 13.9. The predicted molar refractivity (Wildman–Crippen MR) is 88.4 cm³/mol. The van der Waals surface area contributed by atoms with Crippen LogP contribution in [0.2, 0.25) is 0 Å². The van der Waals surface area contributed by atoms with E-state index < -0.39 is 12.2 Å². The lowest BCUT2D eigenvalue weighted by Crippen LogP contribution is -2.31. The summed E-state index contributed by atoms with van der Waals surface area (Å²) in [6, 6.07) is 16.9. The zero-order chi connectivity index (χ0) is 15.9. The quantitative estimate of drug-likeness (QED) is 0.879. The molecule has 0 saturated heterocycles. The fourth-order valence-electron chi connectivity index (χ4n) is 1.98. The van der Waals surface area contributed by atoms with Crippen LogP contribution in [0.4, 0.5) is 4.79 Å². The van der Waals surface area contributed by atoms with E-state index in [0.717, 1.165) is 15.6 Å². The molecule has 1 amide bonds. The average molecular weight is 364 g/mol. The van der Waals surface area contributed by atoms with Gasteiger partial charge in [0.15, 0.2) is 0 Å². The number of ether oxygens (including phenoxy) is 1. The Morgan fingerprint density at radius 1 is 1.23 bits per heavy atom. The Bertz CT molecular complexity index is 618. The van der Waals surface area contributed by atoms with E-state index in [2.05, 4.69) is 15.9 Å². The summed E-state index contributed by atoms with van der Waals surface area (Å²) in [4.78, 5) is 13.3. The number of hydrogen-bond donors (Lipinski definition) is 1. The number of amides is 1. The Morgan fingerprint density at radius 2 is 1.95 bits per heavy atom. The number of carbonyl (C=O) groups excluding carboxylic acids is 1. The van der Waals surface area contributed by atoms with Gasteiger partial charge in [0.1, 0.15) is 6.61 Å². The number of rotatable bonds is 5. The lowest BCUT2D eigenvalue weighted by atomic mass is 10.1. The van der Waals surface area contributed by atoms with E-state index in [4.69, 9.17) is 4.74 Å². The number of aliphatic hydroxyl groups is 1. The second-order valence-electron chi connectivity index (χ2n) is 4.99. The van der Waals surface area contributed by atoms with Gasteiger partial charge in [-0.2, -0.15) is 0 Å². The molecule has 0 aliphatic carbocycles. The lowest BCUT2D eigenvalue weighted by Gasteiger charge is -2.21. The van der Waals surface area contributed by atoms with E-state index in [1.54, 1.807) is 7.05 Å². The van der Waals surface area contributed by atoms with Gasteiger partial charge in [-0.25, -0.2) is 4.79 Å². The van der Waals surface area contributed by atoms with Crippen LogP contribution in [0.15, 0.2) is 59.1 Å². The number of likely N-dealkylation sites (N-methyl/N-ethyl adjacent to an activating group) is 1. The van der Waals surface area contributed by atoms with Crippen molar-refractivity contribution in [2.24, 2.45) is 0 Å². The maximum absolute atomic E-state index is 11.9. The van der Waals surface area contributed by atoms with Crippen molar-refractivity contribution in [3.8, 4) is 0 Å². The molecule has 2 aromatic carbocycles. The number of aliphatic hydroxyl groups excluding tert-OH is 1. The molecule has 2 aromatic rings. The highest BCUT2D eigenvalue weighted by molar-refractivity contribution is 9.10. The molecule has 1 N–H and O–H groups in total. The maximum atomic E-state index is 11.9. The van der Waals surface area contributed by atoms with Gasteiger partial charge in [0.2, 0.25) is 0 Å². The van der Waals surface area contributed by atoms with E-state index in [9.17, 15) is 9.90 Å². The second-order valence-corrected chi connectivity index (χ2v) is 5.91. The van der Waals surface area contributed by atoms with Crippen molar-refractivity contribution in [1.29, 1.82) is 0 Å². The Hall–Kier alpha value is -1.85. The molecule has 2 rings (SSSR count). The number of benzene rings is 2. The second kappa shape index (κ2) is 7.96. The summed E-state index contributed by atoms with van der Waals surface area (Å²) in [6.07, 6.45) is -1.22. The van der Waals surface area contributed by atoms with Crippen molar-refractivity contribution in [3.63, 3.8) is 0 Å². The molecule has 116 valence electrons. The molecule has 5 heteroatoms. The third-order valence-electron chi connectivity index (χ3n) is 3.20. The number of carbonyl (C=O) groups is 1. The highest BCUT2D eigenvalue weighted by Gasteiger charge is 2.16. The fourth-order valence-corrected chi connectivity index (χ4v) is 2.40. The van der Waals surface area contributed by atoms with Gasteiger partial charge in [-0.3, -0.25) is 0 Å². The molecule has 4 nitrogen and oxygen atoms in total. The third kappa shape index (κ3) is 4.86. The van der Waals surface area contributed by atoms with E-state index in [1.165, 1.54) is 4.90 Å². The summed E-state index contributed by atoms with van der Waals surface area (Å²) in [7, 11) is 1.61. The van der Waals surface area contributed by atoms with Crippen LogP contribution in [0.1, 0.15) is 17.2 Å². The summed E-state index contributed by atoms with van der Waals surface area (Å²) in [6.45, 7) is 0.390. The maximum Gasteiger partial charge on any atom is 0.409 e. The van der Waals surface area contributed by atoms with Crippen LogP contribution in [0, 0.1) is 0 Å². The first-order chi connectivity index (χ1) is 10.6. The van der Waals surface area contributed by atoms with Gasteiger partial charge < -0.3 is 14.7 Å². The Labute approximate surface area is 138 Å². The molecule has 0 aliphatic rings. The molecular formula is C17H18BrNO3. The average Bonchev–Trinajstić information content (AvgIpc) is 2.53. The largest absolute Gasteiger partial charge is 0.445 e. The summed E-state index contributed by atoms with van der Waals surface area (Å²) >= 11 is 3.36. The normalized spacial score (nSPS) is 11.8. The van der Waals surface area contributed by atoms with Crippen LogP contribution in [-0.4, -0.2) is 29.7 Å². The monoisotopic (exact) mass is 363 g/mol. The smallest absolute Gasteiger partial charge is 0.409 e. The first-order valence-corrected chi connectivity index (χ1v) is 7.71. The molecule has 0 bridgehead atoms. The van der Waals surface area contributed by atoms with Crippen LogP contribution in [0.25, 0.3) is 0 Å². The Balaban J connectivity index is 1.85. The van der Waals surface area contributed by atoms with Crippen LogP contribution in [-0.2, 0) is 11.3 Å². The highest BCUT2D eigenvalue weighted by Crippen LogP contribution is 2.19. The lowest BCUT2D eigenvalue weighted by molar-refractivity contribution is 0.0787. The number of halogens is 1. The van der Waals surface area contributed by atoms with E-state index in [-0.39, 0.29) is 13.2 Å². The molecule has 0 spiro atoms. The first-order valence-electron chi connectivity index (χ1n) is 6.91. The summed E-state index contributed by atoms with van der Waals surface area (Å²) in [5.41, 5.74) is 1.67. The van der Waals surface area contributed by atoms with Crippen molar-refractivity contribution in [3.05, 3.63) is 70.2 Å². The topological polar surface area (TPSA) is 49.8 Å². The van der Waals surface area contributed by atoms with Crippen molar-refractivity contribution in [1.82, 2.24) is 4.90 Å². The standard InChI is InChI=1S/C17H18BrNO3/c1-19(11-16(20)14-8-5-9-15(18)10-14)17(21)22-12-13-6-3-2-4-7-13/h2-10,16,20H,11-12H2,1H3. The third-order valence-corrected chi connectivity index (χ3v) is 3.69. The van der Waals surface area contributed by atoms with Gasteiger partial charge in [-0.15, -0.1) is 0 Å². The zero-order valence-electron chi connectivity index (χ0n) is 12.3. The van der Waals surface area contributed by atoms with Crippen molar-refractivity contribution in [2.45, 2.75) is 12.7 Å². The van der Waals surface area contributed by atoms with Crippen LogP contribution in [0.3, 0.4) is 0 Å². The molecule has 0 heterocycles. The Morgan fingerprint density at radius 3 is 2.64 bits per heavy atom. The Kier molecular flexibility index (Phi) is 5.98. The van der Waals surface area contributed by atoms with Crippen molar-refractivity contribution >= 4 is 22.0 Å². The molecule has 1 atom stereocenters. The minimum atomic E-state index is -0.758. The van der Waals surface area contributed by atoms with Crippen LogP contribution < -0.4 is 0 Å². The molecule has 1 unspecified atom stereocenters. The van der Waals surface area contributed by atoms with Gasteiger partial charge >= 0.3 is 6.09 Å². The first kappa shape index (κ1) is 16.5.